The van der Waals surface area contributed by atoms with E-state index in [1.165, 1.54) is 17.3 Å². The maximum absolute atomic E-state index is 10.9. The summed E-state index contributed by atoms with van der Waals surface area (Å²) in [4.78, 5) is 12.3. The second kappa shape index (κ2) is 4.61. The molecule has 10 heavy (non-hydrogen) atoms. The second-order valence-electron chi connectivity index (χ2n) is 1.62. The summed E-state index contributed by atoms with van der Waals surface area (Å²) in [5.74, 6) is 0. The van der Waals surface area contributed by atoms with Crippen molar-refractivity contribution in [1.29, 1.82) is 0 Å². The summed E-state index contributed by atoms with van der Waals surface area (Å²) in [6.45, 7) is 9.30. The molecular formula is C7H12N2O. The van der Waals surface area contributed by atoms with Gasteiger partial charge in [-0.2, -0.15) is 0 Å². The van der Waals surface area contributed by atoms with Crippen molar-refractivity contribution in [3.63, 3.8) is 0 Å². The van der Waals surface area contributed by atoms with Gasteiger partial charge in [0.25, 0.3) is 0 Å². The molecule has 0 heterocycles. The minimum absolute atomic E-state index is 0.201. The molecule has 1 N–H and O–H groups in total. The van der Waals surface area contributed by atoms with E-state index in [1.54, 1.807) is 0 Å². The van der Waals surface area contributed by atoms with E-state index in [4.69, 9.17) is 0 Å². The SMILES string of the molecule is C=CNC(=O)N(C=C)CC. The molecule has 0 aliphatic heterocycles. The number of carbonyl (C=O) groups excluding carboxylic acids is 1. The van der Waals surface area contributed by atoms with Crippen LogP contribution >= 0.6 is 0 Å². The molecule has 0 aliphatic rings. The van der Waals surface area contributed by atoms with Gasteiger partial charge < -0.3 is 10.2 Å². The van der Waals surface area contributed by atoms with Crippen molar-refractivity contribution in [3.8, 4) is 0 Å². The number of hydrogen-bond donors (Lipinski definition) is 1. The fourth-order valence-corrected chi connectivity index (χ4v) is 0.526. The van der Waals surface area contributed by atoms with Crippen molar-refractivity contribution in [1.82, 2.24) is 10.2 Å². The number of urea groups is 1. The van der Waals surface area contributed by atoms with E-state index >= 15 is 0 Å². The number of carbonyl (C=O) groups is 1. The van der Waals surface area contributed by atoms with E-state index < -0.39 is 0 Å². The zero-order chi connectivity index (χ0) is 7.98. The van der Waals surface area contributed by atoms with Crippen LogP contribution in [0.25, 0.3) is 0 Å². The van der Waals surface area contributed by atoms with Crippen molar-refractivity contribution < 1.29 is 4.79 Å². The van der Waals surface area contributed by atoms with Gasteiger partial charge in [0.2, 0.25) is 0 Å². The van der Waals surface area contributed by atoms with Crippen molar-refractivity contribution >= 4 is 6.03 Å². The quantitative estimate of drug-likeness (QED) is 0.629. The summed E-state index contributed by atoms with van der Waals surface area (Å²) >= 11 is 0. The van der Waals surface area contributed by atoms with E-state index in [0.29, 0.717) is 6.54 Å². The Balaban J connectivity index is 3.87. The molecule has 0 fully saturated rings. The Morgan fingerprint density at radius 3 is 2.60 bits per heavy atom. The zero-order valence-corrected chi connectivity index (χ0v) is 6.13. The van der Waals surface area contributed by atoms with Crippen LogP contribution in [-0.2, 0) is 0 Å². The first kappa shape index (κ1) is 8.75. The first-order valence-corrected chi connectivity index (χ1v) is 3.06. The van der Waals surface area contributed by atoms with Gasteiger partial charge in [-0.15, -0.1) is 0 Å². The Hall–Kier alpha value is -1.25. The van der Waals surface area contributed by atoms with Crippen LogP contribution in [0.4, 0.5) is 4.79 Å². The molecule has 2 amide bonds. The van der Waals surface area contributed by atoms with Crippen molar-refractivity contribution in [2.24, 2.45) is 0 Å². The lowest BCUT2D eigenvalue weighted by Crippen LogP contribution is -2.32. The van der Waals surface area contributed by atoms with Gasteiger partial charge in [0.05, 0.1) is 0 Å². The first-order valence-electron chi connectivity index (χ1n) is 3.06. The third kappa shape index (κ3) is 2.35. The molecule has 0 unspecified atom stereocenters. The summed E-state index contributed by atoms with van der Waals surface area (Å²) < 4.78 is 0. The van der Waals surface area contributed by atoms with Gasteiger partial charge in [-0.3, -0.25) is 0 Å². The summed E-state index contributed by atoms with van der Waals surface area (Å²) in [6, 6.07) is -0.201. The van der Waals surface area contributed by atoms with Crippen LogP contribution in [0, 0.1) is 0 Å². The fraction of sp³-hybridized carbons (Fsp3) is 0.286. The monoisotopic (exact) mass is 140 g/mol. The molecule has 3 heteroatoms. The van der Waals surface area contributed by atoms with Crippen LogP contribution < -0.4 is 5.32 Å². The van der Waals surface area contributed by atoms with Crippen molar-refractivity contribution in [2.75, 3.05) is 6.54 Å². The van der Waals surface area contributed by atoms with Gasteiger partial charge in [0, 0.05) is 12.7 Å². The number of hydrogen-bond acceptors (Lipinski definition) is 1. The van der Waals surface area contributed by atoms with Crippen molar-refractivity contribution in [2.45, 2.75) is 6.92 Å². The molecule has 3 nitrogen and oxygen atoms in total. The highest BCUT2D eigenvalue weighted by Gasteiger charge is 2.02. The largest absolute Gasteiger partial charge is 0.325 e. The maximum Gasteiger partial charge on any atom is 0.325 e. The summed E-state index contributed by atoms with van der Waals surface area (Å²) in [5.41, 5.74) is 0. The van der Waals surface area contributed by atoms with Gasteiger partial charge in [0.1, 0.15) is 0 Å². The number of nitrogens with one attached hydrogen (secondary N) is 1. The van der Waals surface area contributed by atoms with Crippen LogP contribution in [0.3, 0.4) is 0 Å². The second-order valence-corrected chi connectivity index (χ2v) is 1.62. The highest BCUT2D eigenvalue weighted by atomic mass is 16.2. The normalized spacial score (nSPS) is 8.10. The number of nitrogens with zero attached hydrogens (tertiary/aromatic N) is 1. The van der Waals surface area contributed by atoms with Gasteiger partial charge >= 0.3 is 6.03 Å². The molecule has 0 aromatic heterocycles. The Labute approximate surface area is 61.0 Å². The van der Waals surface area contributed by atoms with Gasteiger partial charge in [-0.1, -0.05) is 13.2 Å². The zero-order valence-electron chi connectivity index (χ0n) is 6.13. The molecule has 0 saturated carbocycles. The molecule has 0 rings (SSSR count). The maximum atomic E-state index is 10.9. The molecular weight excluding hydrogens is 128 g/mol. The van der Waals surface area contributed by atoms with Gasteiger partial charge in [-0.05, 0) is 13.1 Å². The van der Waals surface area contributed by atoms with E-state index in [9.17, 15) is 4.79 Å². The molecule has 0 saturated heterocycles. The first-order chi connectivity index (χ1) is 4.76. The van der Waals surface area contributed by atoms with E-state index in [2.05, 4.69) is 18.5 Å². The highest BCUT2D eigenvalue weighted by Crippen LogP contribution is 1.87. The Morgan fingerprint density at radius 1 is 1.70 bits per heavy atom. The van der Waals surface area contributed by atoms with Crippen LogP contribution in [0.5, 0.6) is 0 Å². The van der Waals surface area contributed by atoms with Crippen LogP contribution in [0.1, 0.15) is 6.92 Å². The van der Waals surface area contributed by atoms with Gasteiger partial charge in [-0.25, -0.2) is 4.79 Å². The molecule has 0 radical (unpaired) electrons. The lowest BCUT2D eigenvalue weighted by atomic mass is 10.6. The van der Waals surface area contributed by atoms with E-state index in [0.717, 1.165) is 0 Å². The predicted octanol–water partition coefficient (Wildman–Crippen LogP) is 1.30. The fourth-order valence-electron chi connectivity index (χ4n) is 0.526. The molecule has 0 spiro atoms. The Kier molecular flexibility index (Phi) is 4.04. The number of rotatable bonds is 3. The van der Waals surface area contributed by atoms with Crippen LogP contribution in [0.2, 0.25) is 0 Å². The smallest absolute Gasteiger partial charge is 0.315 e. The summed E-state index contributed by atoms with van der Waals surface area (Å²) in [7, 11) is 0. The Bertz CT molecular complexity index is 143. The topological polar surface area (TPSA) is 32.3 Å². The molecule has 0 aliphatic carbocycles. The number of amides is 2. The average Bonchev–Trinajstić information content (AvgIpc) is 1.91. The Morgan fingerprint density at radius 2 is 2.30 bits per heavy atom. The molecule has 56 valence electrons. The van der Waals surface area contributed by atoms with Gasteiger partial charge in [0.15, 0.2) is 0 Å². The van der Waals surface area contributed by atoms with Crippen LogP contribution in [-0.4, -0.2) is 17.5 Å². The lowest BCUT2D eigenvalue weighted by molar-refractivity contribution is 0.221. The van der Waals surface area contributed by atoms with E-state index in [1.807, 2.05) is 6.92 Å². The molecule has 0 aromatic carbocycles. The summed E-state index contributed by atoms with van der Waals surface area (Å²) in [5, 5.41) is 2.43. The van der Waals surface area contributed by atoms with Crippen LogP contribution in [0.15, 0.2) is 25.6 Å². The average molecular weight is 140 g/mol. The third-order valence-corrected chi connectivity index (χ3v) is 1.05. The highest BCUT2D eigenvalue weighted by molar-refractivity contribution is 5.75. The molecule has 0 aromatic rings. The molecule has 0 atom stereocenters. The predicted molar refractivity (Wildman–Crippen MR) is 41.3 cm³/mol. The lowest BCUT2D eigenvalue weighted by Gasteiger charge is -2.13. The summed E-state index contributed by atoms with van der Waals surface area (Å²) in [6.07, 6.45) is 2.81. The minimum atomic E-state index is -0.201. The van der Waals surface area contributed by atoms with E-state index in [-0.39, 0.29) is 6.03 Å². The minimum Gasteiger partial charge on any atom is -0.315 e. The van der Waals surface area contributed by atoms with Crippen molar-refractivity contribution in [3.05, 3.63) is 25.6 Å². The standard InChI is InChI=1S/C7H12N2O/c1-4-8-7(10)9(5-2)6-3/h4-5H,1-2,6H2,3H3,(H,8,10). The molecule has 0 bridgehead atoms. The third-order valence-electron chi connectivity index (χ3n) is 1.05.